The second kappa shape index (κ2) is 8.21. The molecular formula is C11H17Cl2N5OS. The minimum absolute atomic E-state index is 0. The number of nitrogens with two attached hydrogens (primary N) is 1. The van der Waals surface area contributed by atoms with Gasteiger partial charge >= 0.3 is 0 Å². The van der Waals surface area contributed by atoms with E-state index in [1.165, 1.54) is 11.3 Å². The molecule has 0 saturated carbocycles. The monoisotopic (exact) mass is 337 g/mol. The van der Waals surface area contributed by atoms with Gasteiger partial charge < -0.3 is 11.1 Å². The first-order valence-corrected chi connectivity index (χ1v) is 6.38. The Bertz CT molecular complexity index is 569. The molecule has 0 spiro atoms. The third-order valence-corrected chi connectivity index (χ3v) is 3.59. The highest BCUT2D eigenvalue weighted by atomic mass is 35.5. The molecule has 0 fully saturated rings. The molecule has 3 N–H and O–H groups in total. The van der Waals surface area contributed by atoms with Crippen LogP contribution in [-0.4, -0.2) is 33.8 Å². The van der Waals surface area contributed by atoms with E-state index in [1.807, 2.05) is 20.2 Å². The molecule has 2 heterocycles. The summed E-state index contributed by atoms with van der Waals surface area (Å²) in [6, 6.07) is 0. The zero-order chi connectivity index (χ0) is 13.1. The average Bonchev–Trinajstić information content (AvgIpc) is 2.92. The Morgan fingerprint density at radius 1 is 1.50 bits per heavy atom. The molecule has 2 aromatic rings. The van der Waals surface area contributed by atoms with Gasteiger partial charge in [0.1, 0.15) is 9.88 Å². The number of hydrogen-bond donors (Lipinski definition) is 2. The minimum atomic E-state index is -0.120. The highest BCUT2D eigenvalue weighted by Gasteiger charge is 2.16. The molecule has 2 rings (SSSR count). The maximum Gasteiger partial charge on any atom is 0.263 e. The van der Waals surface area contributed by atoms with Gasteiger partial charge in [0.15, 0.2) is 0 Å². The Morgan fingerprint density at radius 3 is 2.75 bits per heavy atom. The molecule has 0 bridgehead atoms. The molecule has 1 amide bonds. The van der Waals surface area contributed by atoms with Crippen molar-refractivity contribution in [3.05, 3.63) is 23.0 Å². The van der Waals surface area contributed by atoms with Gasteiger partial charge in [0.2, 0.25) is 0 Å². The van der Waals surface area contributed by atoms with Gasteiger partial charge in [-0.15, -0.1) is 36.2 Å². The molecule has 9 heteroatoms. The number of nitrogens with one attached hydrogen (secondary N) is 1. The number of aryl methyl sites for hydroxylation is 2. The number of amides is 1. The zero-order valence-electron chi connectivity index (χ0n) is 11.1. The topological polar surface area (TPSA) is 85.8 Å². The van der Waals surface area contributed by atoms with E-state index in [4.69, 9.17) is 5.73 Å². The summed E-state index contributed by atoms with van der Waals surface area (Å²) >= 11 is 1.37. The van der Waals surface area contributed by atoms with Crippen molar-refractivity contribution in [2.45, 2.75) is 6.92 Å². The van der Waals surface area contributed by atoms with Crippen LogP contribution in [0.5, 0.6) is 0 Å². The molecule has 0 radical (unpaired) electrons. The Hall–Kier alpha value is -1.15. The van der Waals surface area contributed by atoms with Gasteiger partial charge in [-0.1, -0.05) is 0 Å². The van der Waals surface area contributed by atoms with Gasteiger partial charge in [0, 0.05) is 31.9 Å². The molecule has 2 aromatic heterocycles. The summed E-state index contributed by atoms with van der Waals surface area (Å²) in [6.45, 7) is 2.73. The van der Waals surface area contributed by atoms with Gasteiger partial charge in [0.25, 0.3) is 5.91 Å². The molecule has 0 aliphatic carbocycles. The molecule has 0 unspecified atom stereocenters. The lowest BCUT2D eigenvalue weighted by atomic mass is 10.3. The van der Waals surface area contributed by atoms with Crippen LogP contribution in [0.1, 0.15) is 15.4 Å². The van der Waals surface area contributed by atoms with Gasteiger partial charge in [-0.2, -0.15) is 5.10 Å². The number of hydrogen-bond acceptors (Lipinski definition) is 5. The van der Waals surface area contributed by atoms with Crippen LogP contribution in [0.15, 0.2) is 12.4 Å². The molecular weight excluding hydrogens is 321 g/mol. The van der Waals surface area contributed by atoms with Crippen molar-refractivity contribution >= 4 is 42.1 Å². The Balaban J connectivity index is 0.00000180. The van der Waals surface area contributed by atoms with Crippen molar-refractivity contribution in [1.82, 2.24) is 20.1 Å². The lowest BCUT2D eigenvalue weighted by Gasteiger charge is -2.00. The average molecular weight is 338 g/mol. The van der Waals surface area contributed by atoms with E-state index in [0.29, 0.717) is 18.0 Å². The molecule has 0 aliphatic heterocycles. The van der Waals surface area contributed by atoms with Gasteiger partial charge in [0.05, 0.1) is 11.9 Å². The second-order valence-corrected chi connectivity index (χ2v) is 4.88. The van der Waals surface area contributed by atoms with E-state index in [2.05, 4.69) is 15.4 Å². The van der Waals surface area contributed by atoms with Gasteiger partial charge in [-0.05, 0) is 6.92 Å². The van der Waals surface area contributed by atoms with Crippen LogP contribution in [0.4, 0.5) is 0 Å². The lowest BCUT2D eigenvalue weighted by Crippen LogP contribution is -2.28. The summed E-state index contributed by atoms with van der Waals surface area (Å²) < 4.78 is 1.71. The number of aromatic nitrogens is 3. The summed E-state index contributed by atoms with van der Waals surface area (Å²) in [5.41, 5.74) is 7.00. The van der Waals surface area contributed by atoms with Crippen molar-refractivity contribution in [3.63, 3.8) is 0 Å². The van der Waals surface area contributed by atoms with E-state index in [0.717, 1.165) is 16.3 Å². The van der Waals surface area contributed by atoms with E-state index < -0.39 is 0 Å². The predicted molar refractivity (Wildman–Crippen MR) is 84.9 cm³/mol. The number of rotatable bonds is 4. The standard InChI is InChI=1S/C11H15N5OS.2ClH/c1-7-9(10(17)13-4-3-12)18-11(15-7)8-5-14-16(2)6-8;;/h5-6H,3-4,12H2,1-2H3,(H,13,17);2*1H. The molecule has 0 aliphatic rings. The predicted octanol–water partition coefficient (Wildman–Crippen LogP) is 1.38. The quantitative estimate of drug-likeness (QED) is 0.882. The summed E-state index contributed by atoms with van der Waals surface area (Å²) in [6.07, 6.45) is 3.61. The van der Waals surface area contributed by atoms with Gasteiger partial charge in [-0.3, -0.25) is 9.48 Å². The van der Waals surface area contributed by atoms with Crippen molar-refractivity contribution in [1.29, 1.82) is 0 Å². The fraction of sp³-hybridized carbons (Fsp3) is 0.364. The van der Waals surface area contributed by atoms with Crippen LogP contribution in [0.3, 0.4) is 0 Å². The Kier molecular flexibility index (Phi) is 7.74. The first kappa shape index (κ1) is 18.9. The van der Waals surface area contributed by atoms with Gasteiger partial charge in [-0.25, -0.2) is 4.98 Å². The number of carbonyl (C=O) groups excluding carboxylic acids is 1. The molecule has 0 atom stereocenters. The summed E-state index contributed by atoms with van der Waals surface area (Å²) in [5.74, 6) is -0.120. The molecule has 112 valence electrons. The Morgan fingerprint density at radius 2 is 2.20 bits per heavy atom. The summed E-state index contributed by atoms with van der Waals surface area (Å²) in [4.78, 5) is 16.9. The van der Waals surface area contributed by atoms with Crippen molar-refractivity contribution in [3.8, 4) is 10.6 Å². The highest BCUT2D eigenvalue weighted by Crippen LogP contribution is 2.27. The Labute approximate surface area is 133 Å². The third-order valence-electron chi connectivity index (χ3n) is 2.38. The van der Waals surface area contributed by atoms with Crippen LogP contribution >= 0.6 is 36.2 Å². The number of carbonyl (C=O) groups is 1. The van der Waals surface area contributed by atoms with Crippen LogP contribution in [-0.2, 0) is 7.05 Å². The van der Waals surface area contributed by atoms with Crippen LogP contribution in [0.25, 0.3) is 10.6 Å². The van der Waals surface area contributed by atoms with E-state index in [-0.39, 0.29) is 30.7 Å². The van der Waals surface area contributed by atoms with Crippen LogP contribution in [0, 0.1) is 6.92 Å². The van der Waals surface area contributed by atoms with Crippen LogP contribution in [0.2, 0.25) is 0 Å². The minimum Gasteiger partial charge on any atom is -0.350 e. The molecule has 0 saturated heterocycles. The van der Waals surface area contributed by atoms with Crippen molar-refractivity contribution in [2.75, 3.05) is 13.1 Å². The van der Waals surface area contributed by atoms with Crippen LogP contribution < -0.4 is 11.1 Å². The van der Waals surface area contributed by atoms with E-state index in [1.54, 1.807) is 10.9 Å². The third kappa shape index (κ3) is 4.17. The van der Waals surface area contributed by atoms with Crippen molar-refractivity contribution < 1.29 is 4.79 Å². The highest BCUT2D eigenvalue weighted by molar-refractivity contribution is 7.17. The molecule has 6 nitrogen and oxygen atoms in total. The maximum absolute atomic E-state index is 11.9. The number of thiazole rings is 1. The second-order valence-electron chi connectivity index (χ2n) is 3.88. The van der Waals surface area contributed by atoms with E-state index in [9.17, 15) is 4.79 Å². The number of nitrogens with zero attached hydrogens (tertiary/aromatic N) is 3. The molecule has 0 aromatic carbocycles. The van der Waals surface area contributed by atoms with Crippen molar-refractivity contribution in [2.24, 2.45) is 12.8 Å². The fourth-order valence-electron chi connectivity index (χ4n) is 1.53. The summed E-state index contributed by atoms with van der Waals surface area (Å²) in [7, 11) is 1.85. The number of halogens is 2. The molecule has 20 heavy (non-hydrogen) atoms. The lowest BCUT2D eigenvalue weighted by molar-refractivity contribution is 0.0958. The first-order chi connectivity index (χ1) is 8.61. The maximum atomic E-state index is 11.9. The first-order valence-electron chi connectivity index (χ1n) is 5.56. The largest absolute Gasteiger partial charge is 0.350 e. The van der Waals surface area contributed by atoms with E-state index >= 15 is 0 Å². The SMILES string of the molecule is Cc1nc(-c2cnn(C)c2)sc1C(=O)NCCN.Cl.Cl. The fourth-order valence-corrected chi connectivity index (χ4v) is 2.49. The smallest absolute Gasteiger partial charge is 0.263 e. The summed E-state index contributed by atoms with van der Waals surface area (Å²) in [5, 5.41) is 7.64. The zero-order valence-corrected chi connectivity index (χ0v) is 13.6. The normalized spacial score (nSPS) is 9.55.